The Kier molecular flexibility index (Phi) is 3.95. The number of aliphatic carboxylic acids is 1. The maximum atomic E-state index is 11.8. The van der Waals surface area contributed by atoms with Crippen molar-refractivity contribution in [2.24, 2.45) is 0 Å². The third-order valence-electron chi connectivity index (χ3n) is 5.02. The lowest BCUT2D eigenvalue weighted by Crippen LogP contribution is -2.53. The molecule has 0 radical (unpaired) electrons. The summed E-state index contributed by atoms with van der Waals surface area (Å²) in [4.78, 5) is 24.9. The minimum atomic E-state index is -0.982. The number of rotatable bonds is 3. The highest BCUT2D eigenvalue weighted by Crippen LogP contribution is 2.40. The maximum absolute atomic E-state index is 11.8. The number of carbonyl (C=O) groups is 2. The van der Waals surface area contributed by atoms with Crippen molar-refractivity contribution >= 4 is 23.6 Å². The summed E-state index contributed by atoms with van der Waals surface area (Å²) in [7, 11) is 0. The second-order valence-corrected chi connectivity index (χ2v) is 7.68. The molecule has 1 N–H and O–H groups in total. The van der Waals surface area contributed by atoms with Crippen molar-refractivity contribution < 1.29 is 14.7 Å². The number of hydrogen-bond donors (Lipinski definition) is 1. The number of hydrogen-bond acceptors (Lipinski definition) is 5. The molecule has 1 unspecified atom stereocenters. The fourth-order valence-electron chi connectivity index (χ4n) is 3.80. The van der Waals surface area contributed by atoms with E-state index in [1.807, 2.05) is 6.08 Å². The van der Waals surface area contributed by atoms with Gasteiger partial charge in [-0.15, -0.1) is 11.8 Å². The van der Waals surface area contributed by atoms with Crippen LogP contribution in [0, 0.1) is 0 Å². The smallest absolute Gasteiger partial charge is 0.352 e. The highest BCUT2D eigenvalue weighted by atomic mass is 32.2. The van der Waals surface area contributed by atoms with Crippen LogP contribution in [0.4, 0.5) is 0 Å². The largest absolute Gasteiger partial charge is 0.477 e. The van der Waals surface area contributed by atoms with Gasteiger partial charge in [-0.05, 0) is 24.8 Å². The second kappa shape index (κ2) is 5.96. The molecule has 4 rings (SSSR count). The van der Waals surface area contributed by atoms with E-state index in [-0.39, 0.29) is 17.0 Å². The van der Waals surface area contributed by atoms with Gasteiger partial charge in [0, 0.05) is 31.9 Å². The van der Waals surface area contributed by atoms with Crippen LogP contribution >= 0.6 is 11.8 Å². The van der Waals surface area contributed by atoms with Gasteiger partial charge in [0.2, 0.25) is 5.91 Å². The first-order valence-electron chi connectivity index (χ1n) is 8.23. The molecule has 0 spiro atoms. The summed E-state index contributed by atoms with van der Waals surface area (Å²) in [5, 5.41) is 14.4. The molecule has 0 aliphatic carbocycles. The molecule has 1 amide bonds. The summed E-state index contributed by atoms with van der Waals surface area (Å²) < 4.78 is 0. The molecule has 3 saturated heterocycles. The zero-order valence-electron chi connectivity index (χ0n) is 13.0. The van der Waals surface area contributed by atoms with Crippen molar-refractivity contribution in [1.82, 2.24) is 14.9 Å². The average Bonchev–Trinajstić information content (AvgIpc) is 3.17. The topological polar surface area (TPSA) is 64.1 Å². The number of thioether (sulfide) groups is 1. The molecule has 23 heavy (non-hydrogen) atoms. The van der Waals surface area contributed by atoms with E-state index in [0.29, 0.717) is 12.2 Å². The third kappa shape index (κ3) is 2.70. The normalized spacial score (nSPS) is 31.0. The summed E-state index contributed by atoms with van der Waals surface area (Å²) in [6, 6.07) is 0. The molecule has 4 aliphatic heterocycles. The third-order valence-corrected chi connectivity index (χ3v) is 6.26. The minimum Gasteiger partial charge on any atom is -0.477 e. The first-order valence-corrected chi connectivity index (χ1v) is 9.28. The van der Waals surface area contributed by atoms with Crippen molar-refractivity contribution in [2.45, 2.75) is 31.1 Å². The molecule has 0 aromatic heterocycles. The van der Waals surface area contributed by atoms with Crippen LogP contribution in [0.1, 0.15) is 25.7 Å². The summed E-state index contributed by atoms with van der Waals surface area (Å²) in [6.07, 6.45) is 6.01. The Labute approximate surface area is 139 Å². The first-order chi connectivity index (χ1) is 11.1. The standard InChI is InChI=1S/C16H21N3O3S/c20-13-8-14-19(13)15(16(21)22)12(10-23-14)7-11-3-6-18(9-11)17-4-1-2-5-17/h7,14H,1-6,8-10H2,(H,21,22). The van der Waals surface area contributed by atoms with Crippen LogP contribution < -0.4 is 0 Å². The van der Waals surface area contributed by atoms with Crippen LogP contribution in [0.5, 0.6) is 0 Å². The van der Waals surface area contributed by atoms with E-state index in [2.05, 4.69) is 10.0 Å². The molecule has 4 heterocycles. The molecule has 1 atom stereocenters. The molecule has 0 bridgehead atoms. The Morgan fingerprint density at radius 2 is 2.00 bits per heavy atom. The lowest BCUT2D eigenvalue weighted by atomic mass is 10.1. The van der Waals surface area contributed by atoms with Gasteiger partial charge >= 0.3 is 5.97 Å². The van der Waals surface area contributed by atoms with Gasteiger partial charge in [0.05, 0.1) is 11.8 Å². The summed E-state index contributed by atoms with van der Waals surface area (Å²) in [6.45, 7) is 4.17. The molecule has 124 valence electrons. The van der Waals surface area contributed by atoms with Crippen LogP contribution in [0.25, 0.3) is 0 Å². The van der Waals surface area contributed by atoms with Gasteiger partial charge in [-0.1, -0.05) is 11.6 Å². The van der Waals surface area contributed by atoms with Crippen molar-refractivity contribution in [2.75, 3.05) is 31.9 Å². The van der Waals surface area contributed by atoms with Crippen LogP contribution in [0.3, 0.4) is 0 Å². The number of carboxylic acid groups (broad SMARTS) is 1. The van der Waals surface area contributed by atoms with Gasteiger partial charge < -0.3 is 5.11 Å². The Bertz CT molecular complexity index is 610. The fraction of sp³-hybridized carbons (Fsp3) is 0.625. The Balaban J connectivity index is 1.55. The summed E-state index contributed by atoms with van der Waals surface area (Å²) >= 11 is 1.67. The quantitative estimate of drug-likeness (QED) is 0.784. The van der Waals surface area contributed by atoms with Crippen LogP contribution in [0.15, 0.2) is 22.9 Å². The SMILES string of the molecule is O=C(O)C1=C(C=C2CCN(N3CCCC3)C2)CSC2CC(=O)N12. The van der Waals surface area contributed by atoms with Gasteiger partial charge in [0.15, 0.2) is 0 Å². The Morgan fingerprint density at radius 1 is 1.22 bits per heavy atom. The van der Waals surface area contributed by atoms with Crippen molar-refractivity contribution in [3.63, 3.8) is 0 Å². The number of hydrazine groups is 1. The van der Waals surface area contributed by atoms with Gasteiger partial charge in [-0.2, -0.15) is 0 Å². The van der Waals surface area contributed by atoms with Gasteiger partial charge in [-0.25, -0.2) is 14.8 Å². The van der Waals surface area contributed by atoms with Crippen LogP contribution in [0.2, 0.25) is 0 Å². The van der Waals surface area contributed by atoms with E-state index in [0.717, 1.165) is 38.2 Å². The lowest BCUT2D eigenvalue weighted by molar-refractivity contribution is -0.146. The number of carboxylic acids is 1. The van der Waals surface area contributed by atoms with E-state index in [1.54, 1.807) is 11.8 Å². The van der Waals surface area contributed by atoms with E-state index in [1.165, 1.54) is 23.3 Å². The van der Waals surface area contributed by atoms with Crippen LogP contribution in [-0.4, -0.2) is 69.2 Å². The molecule has 7 heteroatoms. The number of allylic oxidation sites excluding steroid dienone is 1. The number of nitrogens with zero attached hydrogens (tertiary/aromatic N) is 3. The van der Waals surface area contributed by atoms with Crippen LogP contribution in [-0.2, 0) is 9.59 Å². The zero-order valence-corrected chi connectivity index (χ0v) is 13.8. The van der Waals surface area contributed by atoms with E-state index in [4.69, 9.17) is 0 Å². The predicted molar refractivity (Wildman–Crippen MR) is 87.5 cm³/mol. The molecule has 4 aliphatic rings. The Morgan fingerprint density at radius 3 is 2.70 bits per heavy atom. The average molecular weight is 335 g/mol. The number of carbonyl (C=O) groups excluding carboxylic acids is 1. The molecule has 3 fully saturated rings. The monoisotopic (exact) mass is 335 g/mol. The maximum Gasteiger partial charge on any atom is 0.352 e. The first kappa shape index (κ1) is 15.2. The summed E-state index contributed by atoms with van der Waals surface area (Å²) in [5.74, 6) is -0.367. The highest BCUT2D eigenvalue weighted by Gasteiger charge is 2.45. The highest BCUT2D eigenvalue weighted by molar-refractivity contribution is 8.00. The predicted octanol–water partition coefficient (Wildman–Crippen LogP) is 1.27. The fourth-order valence-corrected chi connectivity index (χ4v) is 5.03. The van der Waals surface area contributed by atoms with Crippen molar-refractivity contribution in [1.29, 1.82) is 0 Å². The number of amides is 1. The molecule has 0 aromatic rings. The molecular weight excluding hydrogens is 314 g/mol. The van der Waals surface area contributed by atoms with E-state index >= 15 is 0 Å². The zero-order chi connectivity index (χ0) is 16.0. The minimum absolute atomic E-state index is 0.0282. The Hall–Kier alpha value is -1.31. The van der Waals surface area contributed by atoms with Crippen molar-refractivity contribution in [3.8, 4) is 0 Å². The molecule has 6 nitrogen and oxygen atoms in total. The molecule has 0 saturated carbocycles. The van der Waals surface area contributed by atoms with E-state index in [9.17, 15) is 14.7 Å². The van der Waals surface area contributed by atoms with Crippen molar-refractivity contribution in [3.05, 3.63) is 22.9 Å². The molecule has 0 aromatic carbocycles. The van der Waals surface area contributed by atoms with E-state index < -0.39 is 5.97 Å². The number of fused-ring (bicyclic) bond motifs is 1. The van der Waals surface area contributed by atoms with Gasteiger partial charge in [0.25, 0.3) is 0 Å². The van der Waals surface area contributed by atoms with Gasteiger partial charge in [-0.3, -0.25) is 9.69 Å². The second-order valence-electron chi connectivity index (χ2n) is 6.51. The molecular formula is C16H21N3O3S. The lowest BCUT2D eigenvalue weighted by Gasteiger charge is -2.43. The van der Waals surface area contributed by atoms with Gasteiger partial charge in [0.1, 0.15) is 5.70 Å². The summed E-state index contributed by atoms with van der Waals surface area (Å²) in [5.41, 5.74) is 2.28. The number of β-lactam (4-membered cyclic amide) rings is 1.